The molecule has 1 aromatic heterocycles. The molecule has 2 aromatic rings. The van der Waals surface area contributed by atoms with Gasteiger partial charge in [-0.2, -0.15) is 4.68 Å². The lowest BCUT2D eigenvalue weighted by molar-refractivity contribution is -0.117. The van der Waals surface area contributed by atoms with E-state index in [4.69, 9.17) is 0 Å². The van der Waals surface area contributed by atoms with E-state index in [2.05, 4.69) is 32.2 Å². The standard InChI is InChI=1S/C15H20N6O2S/c1-9(2)16-14(23)17-13(22)8-24-15-18-19-20-21(15)12-6-10(3)5-11(4)7-12/h5-7,9H,8H2,1-4H3,(H2,16,17,22,23). The lowest BCUT2D eigenvalue weighted by Crippen LogP contribution is -2.43. The molecular weight excluding hydrogens is 328 g/mol. The van der Waals surface area contributed by atoms with Crippen molar-refractivity contribution in [3.05, 3.63) is 29.3 Å². The molecule has 0 radical (unpaired) electrons. The van der Waals surface area contributed by atoms with Gasteiger partial charge in [-0.05, 0) is 61.4 Å². The monoisotopic (exact) mass is 348 g/mol. The molecule has 24 heavy (non-hydrogen) atoms. The smallest absolute Gasteiger partial charge is 0.321 e. The fourth-order valence-electron chi connectivity index (χ4n) is 2.09. The van der Waals surface area contributed by atoms with Gasteiger partial charge in [0.25, 0.3) is 0 Å². The molecule has 0 aliphatic heterocycles. The lowest BCUT2D eigenvalue weighted by Gasteiger charge is -2.09. The molecule has 3 amide bonds. The number of aryl methyl sites for hydroxylation is 2. The van der Waals surface area contributed by atoms with E-state index in [0.29, 0.717) is 5.16 Å². The van der Waals surface area contributed by atoms with Crippen molar-refractivity contribution >= 4 is 23.7 Å². The zero-order chi connectivity index (χ0) is 17.7. The molecule has 0 aliphatic carbocycles. The average molecular weight is 348 g/mol. The third-order valence-corrected chi connectivity index (χ3v) is 3.82. The van der Waals surface area contributed by atoms with Crippen molar-refractivity contribution in [3.8, 4) is 5.69 Å². The van der Waals surface area contributed by atoms with E-state index in [-0.39, 0.29) is 11.8 Å². The van der Waals surface area contributed by atoms with Gasteiger partial charge < -0.3 is 5.32 Å². The molecule has 9 heteroatoms. The van der Waals surface area contributed by atoms with Crippen LogP contribution in [0.15, 0.2) is 23.4 Å². The maximum absolute atomic E-state index is 11.8. The quantitative estimate of drug-likeness (QED) is 0.796. The summed E-state index contributed by atoms with van der Waals surface area (Å²) in [7, 11) is 0. The van der Waals surface area contributed by atoms with Gasteiger partial charge >= 0.3 is 6.03 Å². The molecule has 128 valence electrons. The zero-order valence-corrected chi connectivity index (χ0v) is 14.8. The van der Waals surface area contributed by atoms with Gasteiger partial charge in [0.2, 0.25) is 11.1 Å². The van der Waals surface area contributed by atoms with E-state index < -0.39 is 11.9 Å². The molecule has 0 spiro atoms. The van der Waals surface area contributed by atoms with Crippen LogP contribution in [-0.2, 0) is 4.79 Å². The van der Waals surface area contributed by atoms with E-state index in [1.165, 1.54) is 0 Å². The van der Waals surface area contributed by atoms with Gasteiger partial charge in [0.05, 0.1) is 11.4 Å². The summed E-state index contributed by atoms with van der Waals surface area (Å²) in [5.74, 6) is -0.371. The Bertz CT molecular complexity index is 723. The first-order chi connectivity index (χ1) is 11.3. The van der Waals surface area contributed by atoms with E-state index in [0.717, 1.165) is 28.6 Å². The van der Waals surface area contributed by atoms with Crippen LogP contribution in [0.3, 0.4) is 0 Å². The van der Waals surface area contributed by atoms with Crippen LogP contribution in [0, 0.1) is 13.8 Å². The Kier molecular flexibility index (Phi) is 5.91. The molecular formula is C15H20N6O2S. The molecule has 0 bridgehead atoms. The van der Waals surface area contributed by atoms with Gasteiger partial charge in [-0.15, -0.1) is 5.10 Å². The highest BCUT2D eigenvalue weighted by atomic mass is 32.2. The number of hydrogen-bond acceptors (Lipinski definition) is 6. The summed E-state index contributed by atoms with van der Waals surface area (Å²) >= 11 is 1.16. The highest BCUT2D eigenvalue weighted by molar-refractivity contribution is 7.99. The Balaban J connectivity index is 2.01. The van der Waals surface area contributed by atoms with Crippen LogP contribution in [0.4, 0.5) is 4.79 Å². The van der Waals surface area contributed by atoms with Crippen molar-refractivity contribution in [2.24, 2.45) is 0 Å². The zero-order valence-electron chi connectivity index (χ0n) is 14.0. The molecule has 2 N–H and O–H groups in total. The number of nitrogens with zero attached hydrogens (tertiary/aromatic N) is 4. The maximum atomic E-state index is 11.8. The highest BCUT2D eigenvalue weighted by Crippen LogP contribution is 2.19. The largest absolute Gasteiger partial charge is 0.336 e. The number of aromatic nitrogens is 4. The minimum Gasteiger partial charge on any atom is -0.336 e. The number of urea groups is 1. The number of thioether (sulfide) groups is 1. The van der Waals surface area contributed by atoms with Crippen molar-refractivity contribution in [3.63, 3.8) is 0 Å². The van der Waals surface area contributed by atoms with E-state index in [1.54, 1.807) is 4.68 Å². The number of hydrogen-bond donors (Lipinski definition) is 2. The molecule has 0 unspecified atom stereocenters. The third-order valence-electron chi connectivity index (χ3n) is 2.90. The molecule has 8 nitrogen and oxygen atoms in total. The number of benzene rings is 1. The predicted molar refractivity (Wildman–Crippen MR) is 91.2 cm³/mol. The van der Waals surface area contributed by atoms with E-state index in [1.807, 2.05) is 39.8 Å². The van der Waals surface area contributed by atoms with Gasteiger partial charge in [-0.1, -0.05) is 17.8 Å². The topological polar surface area (TPSA) is 102 Å². The highest BCUT2D eigenvalue weighted by Gasteiger charge is 2.14. The first kappa shape index (κ1) is 17.9. The van der Waals surface area contributed by atoms with Crippen molar-refractivity contribution in [2.75, 3.05) is 5.75 Å². The number of imide groups is 1. The normalized spacial score (nSPS) is 10.7. The molecule has 0 atom stereocenters. The molecule has 0 saturated carbocycles. The Morgan fingerprint density at radius 1 is 1.21 bits per heavy atom. The molecule has 0 aliphatic rings. The molecule has 1 aromatic carbocycles. The van der Waals surface area contributed by atoms with Crippen LogP contribution < -0.4 is 10.6 Å². The summed E-state index contributed by atoms with van der Waals surface area (Å²) < 4.78 is 1.58. The van der Waals surface area contributed by atoms with E-state index >= 15 is 0 Å². The fraction of sp³-hybridized carbons (Fsp3) is 0.400. The van der Waals surface area contributed by atoms with Crippen molar-refractivity contribution in [2.45, 2.75) is 38.9 Å². The van der Waals surface area contributed by atoms with Crippen LogP contribution >= 0.6 is 11.8 Å². The van der Waals surface area contributed by atoms with E-state index in [9.17, 15) is 9.59 Å². The van der Waals surface area contributed by atoms with Crippen LogP contribution in [0.25, 0.3) is 5.69 Å². The van der Waals surface area contributed by atoms with Gasteiger partial charge in [0.15, 0.2) is 0 Å². The third kappa shape index (κ3) is 5.05. The average Bonchev–Trinajstić information content (AvgIpc) is 2.91. The van der Waals surface area contributed by atoms with Crippen LogP contribution in [-0.4, -0.2) is 43.9 Å². The summed E-state index contributed by atoms with van der Waals surface area (Å²) in [6.07, 6.45) is 0. The predicted octanol–water partition coefficient (Wildman–Crippen LogP) is 1.61. The lowest BCUT2D eigenvalue weighted by atomic mass is 10.1. The van der Waals surface area contributed by atoms with Crippen molar-refractivity contribution in [1.29, 1.82) is 0 Å². The first-order valence-corrected chi connectivity index (χ1v) is 8.44. The van der Waals surface area contributed by atoms with Gasteiger partial charge in [-0.25, -0.2) is 4.79 Å². The van der Waals surface area contributed by atoms with Crippen LogP contribution in [0.2, 0.25) is 0 Å². The summed E-state index contributed by atoms with van der Waals surface area (Å²) in [4.78, 5) is 23.3. The summed E-state index contributed by atoms with van der Waals surface area (Å²) in [5.41, 5.74) is 3.03. The number of carbonyl (C=O) groups excluding carboxylic acids is 2. The first-order valence-electron chi connectivity index (χ1n) is 7.45. The van der Waals surface area contributed by atoms with Gasteiger partial charge in [0, 0.05) is 6.04 Å². The van der Waals surface area contributed by atoms with Crippen molar-refractivity contribution < 1.29 is 9.59 Å². The Labute approximate surface area is 144 Å². The second-order valence-corrected chi connectivity index (χ2v) is 6.63. The summed E-state index contributed by atoms with van der Waals surface area (Å²) in [6.45, 7) is 7.62. The Morgan fingerprint density at radius 2 is 1.88 bits per heavy atom. The van der Waals surface area contributed by atoms with Crippen LogP contribution in [0.5, 0.6) is 0 Å². The molecule has 2 rings (SSSR count). The minimum absolute atomic E-state index is 0.0384. The number of tetrazole rings is 1. The second kappa shape index (κ2) is 7.91. The second-order valence-electron chi connectivity index (χ2n) is 5.68. The van der Waals surface area contributed by atoms with Crippen LogP contribution in [0.1, 0.15) is 25.0 Å². The fourth-order valence-corrected chi connectivity index (χ4v) is 2.79. The van der Waals surface area contributed by atoms with Gasteiger partial charge in [0.1, 0.15) is 0 Å². The molecule has 0 saturated heterocycles. The minimum atomic E-state index is -0.510. The van der Waals surface area contributed by atoms with Gasteiger partial charge in [-0.3, -0.25) is 10.1 Å². The number of rotatable bonds is 5. The van der Waals surface area contributed by atoms with Crippen molar-refractivity contribution in [1.82, 2.24) is 30.8 Å². The Hall–Kier alpha value is -2.42. The summed E-state index contributed by atoms with van der Waals surface area (Å²) in [5, 5.41) is 16.9. The number of carbonyl (C=O) groups is 2. The molecule has 0 fully saturated rings. The number of nitrogens with one attached hydrogen (secondary N) is 2. The number of amides is 3. The SMILES string of the molecule is Cc1cc(C)cc(-n2nnnc2SCC(=O)NC(=O)NC(C)C)c1. The maximum Gasteiger partial charge on any atom is 0.321 e. The Morgan fingerprint density at radius 3 is 2.50 bits per heavy atom. The summed E-state index contributed by atoms with van der Waals surface area (Å²) in [6, 6.07) is 5.43. The molecule has 1 heterocycles.